The lowest BCUT2D eigenvalue weighted by Crippen LogP contribution is -2.31. The van der Waals surface area contributed by atoms with Gasteiger partial charge in [0.2, 0.25) is 5.89 Å². The maximum atomic E-state index is 5.98. The van der Waals surface area contributed by atoms with Crippen LogP contribution in [0.5, 0.6) is 0 Å². The maximum absolute atomic E-state index is 5.98. The molecule has 0 bridgehead atoms. The quantitative estimate of drug-likeness (QED) is 0.442. The second-order valence-electron chi connectivity index (χ2n) is 7.13. The van der Waals surface area contributed by atoms with Crippen LogP contribution >= 0.6 is 22.9 Å². The molecule has 1 aromatic carbocycles. The van der Waals surface area contributed by atoms with Gasteiger partial charge in [0.15, 0.2) is 5.82 Å². The fraction of sp³-hybridized carbons (Fsp3) is 0.227. The largest absolute Gasteiger partial charge is 0.440 e. The van der Waals surface area contributed by atoms with Gasteiger partial charge in [-0.15, -0.1) is 11.3 Å². The second-order valence-corrected chi connectivity index (χ2v) is 8.52. The molecule has 3 aromatic heterocycles. The molecule has 0 saturated carbocycles. The van der Waals surface area contributed by atoms with Crippen LogP contribution in [0.15, 0.2) is 52.4 Å². The molecule has 0 saturated heterocycles. The number of oxazole rings is 1. The molecule has 0 atom stereocenters. The van der Waals surface area contributed by atoms with Crippen LogP contribution in [-0.4, -0.2) is 26.4 Å². The van der Waals surface area contributed by atoms with Gasteiger partial charge in [0, 0.05) is 48.4 Å². The molecule has 0 amide bonds. The molecule has 4 heterocycles. The van der Waals surface area contributed by atoms with E-state index < -0.39 is 0 Å². The Balaban J connectivity index is 1.32. The highest BCUT2D eigenvalue weighted by molar-refractivity contribution is 7.13. The molecular formula is C22H19ClN4OS. The van der Waals surface area contributed by atoms with Gasteiger partial charge < -0.3 is 4.42 Å². The Hall–Kier alpha value is -2.54. The lowest BCUT2D eigenvalue weighted by atomic mass is 10.1. The van der Waals surface area contributed by atoms with Crippen molar-refractivity contribution in [1.82, 2.24) is 19.9 Å². The number of rotatable bonds is 4. The van der Waals surface area contributed by atoms with E-state index >= 15 is 0 Å². The first-order valence-corrected chi connectivity index (χ1v) is 10.7. The van der Waals surface area contributed by atoms with Crippen LogP contribution in [-0.2, 0) is 19.5 Å². The summed E-state index contributed by atoms with van der Waals surface area (Å²) in [5.74, 6) is 2.34. The molecule has 0 spiro atoms. The van der Waals surface area contributed by atoms with Gasteiger partial charge in [0.1, 0.15) is 5.76 Å². The summed E-state index contributed by atoms with van der Waals surface area (Å²) in [5, 5.41) is 2.75. The zero-order valence-electron chi connectivity index (χ0n) is 15.9. The van der Waals surface area contributed by atoms with E-state index in [-0.39, 0.29) is 0 Å². The normalized spacial score (nSPS) is 14.1. The maximum Gasteiger partial charge on any atom is 0.236 e. The van der Waals surface area contributed by atoms with E-state index in [2.05, 4.69) is 9.88 Å². The average Bonchev–Trinajstić information content (AvgIpc) is 3.39. The summed E-state index contributed by atoms with van der Waals surface area (Å²) in [6, 6.07) is 11.7. The minimum Gasteiger partial charge on any atom is -0.440 e. The van der Waals surface area contributed by atoms with Gasteiger partial charge >= 0.3 is 0 Å². The van der Waals surface area contributed by atoms with Crippen LogP contribution in [0.4, 0.5) is 0 Å². The van der Waals surface area contributed by atoms with Gasteiger partial charge in [-0.25, -0.2) is 15.0 Å². The Labute approximate surface area is 178 Å². The van der Waals surface area contributed by atoms with E-state index in [4.69, 9.17) is 26.0 Å². The molecule has 7 heteroatoms. The van der Waals surface area contributed by atoms with Crippen LogP contribution in [0.3, 0.4) is 0 Å². The van der Waals surface area contributed by atoms with E-state index in [0.29, 0.717) is 10.9 Å². The summed E-state index contributed by atoms with van der Waals surface area (Å²) in [7, 11) is 0. The highest BCUT2D eigenvalue weighted by atomic mass is 35.5. The van der Waals surface area contributed by atoms with E-state index in [1.807, 2.05) is 54.9 Å². The Bertz CT molecular complexity index is 1140. The molecule has 0 radical (unpaired) electrons. The smallest absolute Gasteiger partial charge is 0.236 e. The molecule has 1 aliphatic rings. The monoisotopic (exact) mass is 422 g/mol. The fourth-order valence-corrected chi connectivity index (χ4v) is 4.31. The third-order valence-electron chi connectivity index (χ3n) is 5.11. The van der Waals surface area contributed by atoms with Crippen molar-refractivity contribution in [3.8, 4) is 22.2 Å². The number of aryl methyl sites for hydroxylation is 1. The first-order valence-electron chi connectivity index (χ1n) is 9.49. The van der Waals surface area contributed by atoms with Gasteiger partial charge in [-0.1, -0.05) is 17.7 Å². The van der Waals surface area contributed by atoms with E-state index in [1.54, 1.807) is 11.3 Å². The number of thiophene rings is 1. The van der Waals surface area contributed by atoms with Crippen molar-refractivity contribution in [2.24, 2.45) is 0 Å². The Morgan fingerprint density at radius 3 is 2.83 bits per heavy atom. The third kappa shape index (κ3) is 3.83. The van der Waals surface area contributed by atoms with Crippen LogP contribution < -0.4 is 0 Å². The van der Waals surface area contributed by atoms with Crippen molar-refractivity contribution in [1.29, 1.82) is 0 Å². The number of hydrogen-bond donors (Lipinski definition) is 0. The standard InChI is InChI=1S/C22H19ClN4OS/c1-14-19(26-22(28-14)20-3-2-10-29-20)13-27-9-8-18-16(12-27)11-24-21(25-18)15-4-6-17(23)7-5-15/h2-7,10-11H,8-9,12-13H2,1H3. The molecule has 29 heavy (non-hydrogen) atoms. The van der Waals surface area contributed by atoms with Crippen molar-refractivity contribution in [2.45, 2.75) is 26.4 Å². The SMILES string of the molecule is Cc1oc(-c2cccs2)nc1CN1CCc2nc(-c3ccc(Cl)cc3)ncc2C1. The molecule has 5 nitrogen and oxygen atoms in total. The van der Waals surface area contributed by atoms with Gasteiger partial charge in [-0.2, -0.15) is 0 Å². The summed E-state index contributed by atoms with van der Waals surface area (Å²) < 4.78 is 5.88. The highest BCUT2D eigenvalue weighted by Crippen LogP contribution is 2.28. The summed E-state index contributed by atoms with van der Waals surface area (Å²) in [4.78, 5) is 17.5. The number of hydrogen-bond acceptors (Lipinski definition) is 6. The molecular weight excluding hydrogens is 404 g/mol. The number of benzene rings is 1. The lowest BCUT2D eigenvalue weighted by molar-refractivity contribution is 0.239. The van der Waals surface area contributed by atoms with Crippen molar-refractivity contribution >= 4 is 22.9 Å². The third-order valence-corrected chi connectivity index (χ3v) is 6.22. The van der Waals surface area contributed by atoms with Crippen LogP contribution in [0, 0.1) is 6.92 Å². The van der Waals surface area contributed by atoms with Crippen LogP contribution in [0.25, 0.3) is 22.2 Å². The number of fused-ring (bicyclic) bond motifs is 1. The Kier molecular flexibility index (Phi) is 4.91. The predicted molar refractivity (Wildman–Crippen MR) is 115 cm³/mol. The molecule has 0 fully saturated rings. The molecule has 0 N–H and O–H groups in total. The topological polar surface area (TPSA) is 55.1 Å². The Morgan fingerprint density at radius 2 is 2.03 bits per heavy atom. The second kappa shape index (κ2) is 7.71. The molecule has 0 aliphatic carbocycles. The molecule has 0 unspecified atom stereocenters. The number of halogens is 1. The summed E-state index contributed by atoms with van der Waals surface area (Å²) in [6.45, 7) is 4.50. The van der Waals surface area contributed by atoms with Crippen LogP contribution in [0.2, 0.25) is 5.02 Å². The van der Waals surface area contributed by atoms with Crippen molar-refractivity contribution in [3.05, 3.63) is 75.7 Å². The first kappa shape index (κ1) is 18.5. The summed E-state index contributed by atoms with van der Waals surface area (Å²) in [5.41, 5.74) is 4.28. The van der Waals surface area contributed by atoms with Crippen LogP contribution in [0.1, 0.15) is 22.7 Å². The number of nitrogens with zero attached hydrogens (tertiary/aromatic N) is 4. The van der Waals surface area contributed by atoms with Gasteiger partial charge in [-0.3, -0.25) is 4.90 Å². The molecule has 4 aromatic rings. The molecule has 1 aliphatic heterocycles. The van der Waals surface area contributed by atoms with E-state index in [1.165, 1.54) is 5.56 Å². The minimum absolute atomic E-state index is 0.709. The Morgan fingerprint density at radius 1 is 1.17 bits per heavy atom. The van der Waals surface area contributed by atoms with Crippen molar-refractivity contribution in [3.63, 3.8) is 0 Å². The van der Waals surface area contributed by atoms with Crippen molar-refractivity contribution < 1.29 is 4.42 Å². The fourth-order valence-electron chi connectivity index (χ4n) is 3.54. The molecule has 146 valence electrons. The van der Waals surface area contributed by atoms with Gasteiger partial charge in [0.05, 0.1) is 16.3 Å². The van der Waals surface area contributed by atoms with E-state index in [9.17, 15) is 0 Å². The van der Waals surface area contributed by atoms with Gasteiger partial charge in [0.25, 0.3) is 0 Å². The zero-order chi connectivity index (χ0) is 19.8. The minimum atomic E-state index is 0.709. The average molecular weight is 423 g/mol. The summed E-state index contributed by atoms with van der Waals surface area (Å²) in [6.07, 6.45) is 2.85. The van der Waals surface area contributed by atoms with Crippen molar-refractivity contribution in [2.75, 3.05) is 6.54 Å². The highest BCUT2D eigenvalue weighted by Gasteiger charge is 2.21. The first-order chi connectivity index (χ1) is 14.2. The van der Waals surface area contributed by atoms with E-state index in [0.717, 1.165) is 59.5 Å². The predicted octanol–water partition coefficient (Wildman–Crippen LogP) is 5.38. The molecule has 5 rings (SSSR count). The lowest BCUT2D eigenvalue weighted by Gasteiger charge is -2.27. The zero-order valence-corrected chi connectivity index (χ0v) is 17.5. The number of aromatic nitrogens is 3. The van der Waals surface area contributed by atoms with Gasteiger partial charge in [-0.05, 0) is 42.6 Å². The summed E-state index contributed by atoms with van der Waals surface area (Å²) >= 11 is 7.62.